The Kier molecular flexibility index (Phi) is 11.4. The second kappa shape index (κ2) is 13.0. The van der Waals surface area contributed by atoms with Crippen LogP contribution in [0.1, 0.15) is 106 Å². The van der Waals surface area contributed by atoms with Crippen molar-refractivity contribution < 1.29 is 0 Å². The molecule has 0 heterocycles. The predicted octanol–water partition coefficient (Wildman–Crippen LogP) is 6.66. The molecule has 29 heavy (non-hydrogen) atoms. The third-order valence-electron chi connectivity index (χ3n) is 7.54. The average Bonchev–Trinajstić information content (AvgIpc) is 2.77. The van der Waals surface area contributed by atoms with Crippen LogP contribution in [0.2, 0.25) is 0 Å². The first kappa shape index (κ1) is 25.5. The Balaban J connectivity index is 2.67. The lowest BCUT2D eigenvalue weighted by molar-refractivity contribution is 0.129. The molecule has 0 aliphatic heterocycles. The average molecular weight is 428 g/mol. The predicted molar refractivity (Wildman–Crippen MR) is 131 cm³/mol. The van der Waals surface area contributed by atoms with E-state index in [2.05, 4.69) is 60.2 Å². The second-order valence-corrected chi connectivity index (χ2v) is 12.1. The molecular weight excluding hydrogens is 375 g/mol. The summed E-state index contributed by atoms with van der Waals surface area (Å²) < 4.78 is 11.9. The largest absolute Gasteiger partial charge is 0.309 e. The molecule has 0 saturated heterocycles. The summed E-state index contributed by atoms with van der Waals surface area (Å²) in [6.45, 7) is 21.4. The summed E-state index contributed by atoms with van der Waals surface area (Å²) in [6.07, 6.45) is 14.3. The second-order valence-electron chi connectivity index (χ2n) is 8.92. The Morgan fingerprint density at radius 1 is 0.483 bits per heavy atom. The van der Waals surface area contributed by atoms with Crippen LogP contribution in [0, 0.1) is 0 Å². The van der Waals surface area contributed by atoms with E-state index < -0.39 is 7.87 Å². The van der Waals surface area contributed by atoms with Crippen LogP contribution < -0.4 is 0 Å². The molecule has 5 heteroatoms. The van der Waals surface area contributed by atoms with Gasteiger partial charge in [0.2, 0.25) is 0 Å². The molecule has 0 aromatic carbocycles. The molecular formula is C24H52N4P+. The molecule has 2 rings (SSSR count). The van der Waals surface area contributed by atoms with Crippen molar-refractivity contribution in [3.63, 3.8) is 0 Å². The van der Waals surface area contributed by atoms with Gasteiger partial charge in [0.1, 0.15) is 0 Å². The fraction of sp³-hybridized carbons (Fsp3) is 1.00. The maximum absolute atomic E-state index is 3.21. The van der Waals surface area contributed by atoms with Crippen LogP contribution in [0.4, 0.5) is 0 Å². The van der Waals surface area contributed by atoms with Crippen LogP contribution in [0.25, 0.3) is 0 Å². The molecule has 0 amide bonds. The van der Waals surface area contributed by atoms with Gasteiger partial charge in [0.15, 0.2) is 0 Å². The minimum atomic E-state index is -1.74. The Hall–Kier alpha value is 0.270. The molecule has 0 aromatic rings. The highest BCUT2D eigenvalue weighted by molar-refractivity contribution is 7.66. The maximum Gasteiger partial charge on any atom is 0.309 e. The van der Waals surface area contributed by atoms with E-state index in [1.165, 1.54) is 64.2 Å². The van der Waals surface area contributed by atoms with E-state index in [0.29, 0.717) is 0 Å². The zero-order valence-corrected chi connectivity index (χ0v) is 21.6. The van der Waals surface area contributed by atoms with Gasteiger partial charge in [0.25, 0.3) is 0 Å². The van der Waals surface area contributed by atoms with E-state index in [-0.39, 0.29) is 0 Å². The first-order valence-corrected chi connectivity index (χ1v) is 14.7. The maximum atomic E-state index is 3.21. The van der Waals surface area contributed by atoms with Crippen LogP contribution in [0.5, 0.6) is 0 Å². The van der Waals surface area contributed by atoms with Gasteiger partial charge >= 0.3 is 7.87 Å². The van der Waals surface area contributed by atoms with Crippen molar-refractivity contribution in [3.05, 3.63) is 0 Å². The molecule has 2 aliphatic rings. The molecule has 0 aromatic heterocycles. The summed E-state index contributed by atoms with van der Waals surface area (Å²) in [4.78, 5) is 0. The lowest BCUT2D eigenvalue weighted by atomic mass is 9.91. The van der Waals surface area contributed by atoms with Gasteiger partial charge in [-0.1, -0.05) is 38.5 Å². The molecule has 0 bridgehead atoms. The summed E-state index contributed by atoms with van der Waals surface area (Å²) in [7, 11) is -1.74. The number of nitrogens with zero attached hydrogens (tertiary/aromatic N) is 4. The topological polar surface area (TPSA) is 13.0 Å². The van der Waals surface area contributed by atoms with E-state index in [9.17, 15) is 0 Å². The highest BCUT2D eigenvalue weighted by Gasteiger charge is 2.62. The van der Waals surface area contributed by atoms with Gasteiger partial charge in [-0.25, -0.2) is 0 Å². The smallest absolute Gasteiger partial charge is 0.134 e. The van der Waals surface area contributed by atoms with Crippen LogP contribution in [0.3, 0.4) is 0 Å². The van der Waals surface area contributed by atoms with Crippen molar-refractivity contribution in [1.29, 1.82) is 0 Å². The van der Waals surface area contributed by atoms with Crippen LogP contribution in [-0.4, -0.2) is 70.0 Å². The number of hydrogen-bond acceptors (Lipinski definition) is 4. The molecule has 2 saturated carbocycles. The van der Waals surface area contributed by atoms with Gasteiger partial charge < -0.3 is 0 Å². The van der Waals surface area contributed by atoms with Gasteiger partial charge in [0, 0.05) is 51.4 Å². The van der Waals surface area contributed by atoms with Crippen molar-refractivity contribution in [2.75, 3.05) is 39.3 Å². The van der Waals surface area contributed by atoms with Crippen LogP contribution in [-0.2, 0) is 0 Å². The molecule has 172 valence electrons. The van der Waals surface area contributed by atoms with Gasteiger partial charge in [-0.3, -0.25) is 0 Å². The summed E-state index contributed by atoms with van der Waals surface area (Å²) in [5.41, 5.74) is 0. The fourth-order valence-electron chi connectivity index (χ4n) is 6.21. The lowest BCUT2D eigenvalue weighted by Crippen LogP contribution is -2.58. The summed E-state index contributed by atoms with van der Waals surface area (Å²) in [5, 5.41) is 0. The van der Waals surface area contributed by atoms with Gasteiger partial charge in [-0.15, -0.1) is 18.7 Å². The van der Waals surface area contributed by atoms with Crippen molar-refractivity contribution in [2.24, 2.45) is 0 Å². The van der Waals surface area contributed by atoms with E-state index in [0.717, 1.165) is 51.4 Å². The SMILES string of the molecule is CCN(CC)[P+](N(CC)CC)(N(CC)CC)N(C1CCCCC1)C1CCCCC1. The zero-order valence-electron chi connectivity index (χ0n) is 20.7. The third-order valence-corrected chi connectivity index (χ3v) is 12.8. The van der Waals surface area contributed by atoms with Crippen LogP contribution >= 0.6 is 7.87 Å². The standard InChI is InChI=1S/C24H52N4P/c1-7-25(8-2)29(26(9-3)10-4,27(11-5)12-6)28(23-19-15-13-16-20-23)24-21-17-14-18-22-24/h23-24H,7-22H2,1-6H3/q+1. The molecule has 2 fully saturated rings. The summed E-state index contributed by atoms with van der Waals surface area (Å²) >= 11 is 0. The first-order valence-electron chi connectivity index (χ1n) is 13.1. The quantitative estimate of drug-likeness (QED) is 0.323. The first-order chi connectivity index (χ1) is 14.1. The Morgan fingerprint density at radius 3 is 1.00 bits per heavy atom. The normalized spacial score (nSPS) is 20.5. The molecule has 0 atom stereocenters. The highest BCUT2D eigenvalue weighted by atomic mass is 31.2. The molecule has 0 N–H and O–H groups in total. The summed E-state index contributed by atoms with van der Waals surface area (Å²) in [6, 6.07) is 1.56. The Labute approximate surface area is 183 Å². The van der Waals surface area contributed by atoms with Crippen molar-refractivity contribution in [2.45, 2.75) is 118 Å². The number of rotatable bonds is 12. The molecule has 2 aliphatic carbocycles. The number of hydrogen-bond donors (Lipinski definition) is 0. The van der Waals surface area contributed by atoms with E-state index in [4.69, 9.17) is 0 Å². The fourth-order valence-corrected chi connectivity index (χ4v) is 11.8. The monoisotopic (exact) mass is 427 g/mol. The van der Waals surface area contributed by atoms with E-state index >= 15 is 0 Å². The molecule has 4 nitrogen and oxygen atoms in total. The van der Waals surface area contributed by atoms with E-state index in [1.54, 1.807) is 0 Å². The lowest BCUT2D eigenvalue weighted by Gasteiger charge is -2.55. The summed E-state index contributed by atoms with van der Waals surface area (Å²) in [5.74, 6) is 0. The highest BCUT2D eigenvalue weighted by Crippen LogP contribution is 2.72. The third kappa shape index (κ3) is 5.37. The molecule has 0 unspecified atom stereocenters. The van der Waals surface area contributed by atoms with Crippen molar-refractivity contribution in [1.82, 2.24) is 18.7 Å². The molecule has 0 spiro atoms. The van der Waals surface area contributed by atoms with E-state index in [1.807, 2.05) is 0 Å². The molecule has 0 radical (unpaired) electrons. The van der Waals surface area contributed by atoms with Crippen molar-refractivity contribution >= 4 is 7.87 Å². The van der Waals surface area contributed by atoms with Crippen molar-refractivity contribution in [3.8, 4) is 0 Å². The Bertz CT molecular complexity index is 373. The van der Waals surface area contributed by atoms with Gasteiger partial charge in [0.05, 0.1) is 0 Å². The van der Waals surface area contributed by atoms with Gasteiger partial charge in [-0.05, 0) is 67.2 Å². The Morgan fingerprint density at radius 2 is 0.759 bits per heavy atom. The van der Waals surface area contributed by atoms with Crippen LogP contribution in [0.15, 0.2) is 0 Å². The van der Waals surface area contributed by atoms with Gasteiger partial charge in [-0.2, -0.15) is 0 Å². The zero-order chi connectivity index (χ0) is 21.3. The minimum absolute atomic E-state index is 0.780. The minimum Gasteiger partial charge on any atom is -0.134 e.